The third-order valence-electron chi connectivity index (χ3n) is 5.17. The van der Waals surface area contributed by atoms with Crippen LogP contribution >= 0.6 is 0 Å². The molecule has 0 aromatic carbocycles. The number of rotatable bonds is 5. The second-order valence-electron chi connectivity index (χ2n) is 6.72. The molecule has 0 radical (unpaired) electrons. The molecule has 0 nitrogen and oxygen atoms in total. The van der Waals surface area contributed by atoms with Crippen LogP contribution in [0.2, 0.25) is 0 Å². The Labute approximate surface area is 109 Å². The van der Waals surface area contributed by atoms with Crippen molar-refractivity contribution >= 4 is 0 Å². The minimum absolute atomic E-state index is 0. The van der Waals surface area contributed by atoms with E-state index < -0.39 is 0 Å². The Morgan fingerprint density at radius 1 is 0.778 bits per heavy atom. The molecule has 0 bridgehead atoms. The predicted octanol–water partition coefficient (Wildman–Crippen LogP) is 5.77. The molecular formula is C17H31Rf-. The molecule has 2 rings (SSSR count). The molecule has 102 valence electrons. The second kappa shape index (κ2) is 8.16. The molecule has 2 aliphatic carbocycles. The van der Waals surface area contributed by atoms with Crippen LogP contribution in [-0.4, -0.2) is 0 Å². The molecule has 2 fully saturated rings. The van der Waals surface area contributed by atoms with E-state index in [9.17, 15) is 0 Å². The molecule has 0 unspecified atom stereocenters. The number of hydrogen-bond acceptors (Lipinski definition) is 0. The van der Waals surface area contributed by atoms with E-state index in [4.69, 9.17) is 0 Å². The van der Waals surface area contributed by atoms with Crippen LogP contribution in [0.5, 0.6) is 0 Å². The first kappa shape index (κ1) is 15.1. The van der Waals surface area contributed by atoms with Gasteiger partial charge in [0.15, 0.2) is 0 Å². The first-order chi connectivity index (χ1) is 8.34. The zero-order valence-corrected chi connectivity index (χ0v) is 18.9. The molecule has 0 heterocycles. The van der Waals surface area contributed by atoms with E-state index >= 15 is 0 Å². The van der Waals surface area contributed by atoms with Crippen LogP contribution in [-0.2, 0) is 0 Å². The third-order valence-corrected chi connectivity index (χ3v) is 5.17. The Morgan fingerprint density at radius 3 is 1.83 bits per heavy atom. The van der Waals surface area contributed by atoms with Crippen molar-refractivity contribution in [3.05, 3.63) is 6.42 Å². The van der Waals surface area contributed by atoms with Gasteiger partial charge >= 0.3 is 0 Å². The summed E-state index contributed by atoms with van der Waals surface area (Å²) in [7, 11) is 0. The molecule has 0 spiro atoms. The van der Waals surface area contributed by atoms with Crippen LogP contribution < -0.4 is 0 Å². The van der Waals surface area contributed by atoms with Gasteiger partial charge in [-0.2, -0.15) is 12.8 Å². The zero-order chi connectivity index (χ0) is 11.9. The van der Waals surface area contributed by atoms with E-state index in [1.165, 1.54) is 77.0 Å². The summed E-state index contributed by atoms with van der Waals surface area (Å²) in [5.74, 6) is 3.18. The van der Waals surface area contributed by atoms with Crippen LogP contribution in [0.3, 0.4) is 0 Å². The molecule has 0 aromatic heterocycles. The van der Waals surface area contributed by atoms with Gasteiger partial charge in [-0.25, -0.2) is 0 Å². The molecule has 18 heavy (non-hydrogen) atoms. The van der Waals surface area contributed by atoms with Gasteiger partial charge < -0.3 is 6.42 Å². The summed E-state index contributed by atoms with van der Waals surface area (Å²) in [4.78, 5) is 0. The summed E-state index contributed by atoms with van der Waals surface area (Å²) >= 11 is 0. The summed E-state index contributed by atoms with van der Waals surface area (Å²) in [6.45, 7) is 2.43. The van der Waals surface area contributed by atoms with Crippen molar-refractivity contribution in [1.29, 1.82) is 0 Å². The number of hydrogen-bond donors (Lipinski definition) is 0. The van der Waals surface area contributed by atoms with Crippen LogP contribution in [0.4, 0.5) is 0 Å². The van der Waals surface area contributed by atoms with Crippen LogP contribution in [0.15, 0.2) is 0 Å². The van der Waals surface area contributed by atoms with Crippen molar-refractivity contribution in [3.8, 4) is 0 Å². The molecule has 2 saturated carbocycles. The smallest absolute Gasteiger partial charge is 0 e. The van der Waals surface area contributed by atoms with Gasteiger partial charge in [0.05, 0.1) is 0 Å². The molecule has 0 N–H and O–H groups in total. The Hall–Kier alpha value is -1.00. The summed E-state index contributed by atoms with van der Waals surface area (Å²) in [5.41, 5.74) is 0. The van der Waals surface area contributed by atoms with Gasteiger partial charge in [-0.15, -0.1) is 0 Å². The van der Waals surface area contributed by atoms with Crippen molar-refractivity contribution in [3.63, 3.8) is 0 Å². The third kappa shape index (κ3) is 5.10. The largest absolute Gasteiger partial charge is 0.328 e. The van der Waals surface area contributed by atoms with Crippen molar-refractivity contribution in [2.24, 2.45) is 17.8 Å². The first-order valence-electron chi connectivity index (χ1n) is 8.16. The molecule has 0 amide bonds. The minimum atomic E-state index is 0. The monoisotopic (exact) mass is 502 g/mol. The summed E-state index contributed by atoms with van der Waals surface area (Å²) in [5, 5.41) is 0. The van der Waals surface area contributed by atoms with Crippen molar-refractivity contribution in [2.75, 3.05) is 0 Å². The Kier molecular flexibility index (Phi) is 6.83. The molecule has 1 heteroatoms. The van der Waals surface area contributed by atoms with E-state index in [1.54, 1.807) is 0 Å². The summed E-state index contributed by atoms with van der Waals surface area (Å²) in [6.07, 6.45) is 20.4. The Morgan fingerprint density at radius 2 is 1.28 bits per heavy atom. The first-order valence-corrected chi connectivity index (χ1v) is 8.16. The van der Waals surface area contributed by atoms with Gasteiger partial charge in [0, 0.05) is 0 Å². The topological polar surface area (TPSA) is 0 Å². The molecule has 0 aliphatic heterocycles. The quantitative estimate of drug-likeness (QED) is 0.331. The molecule has 2 aliphatic rings. The van der Waals surface area contributed by atoms with Gasteiger partial charge in [-0.05, 0) is 17.8 Å². The SMILES string of the molecule is CC1CCC(CCCCC2CC[CH-]CC2)CC1.[Rf]. The van der Waals surface area contributed by atoms with Gasteiger partial charge in [0.2, 0.25) is 0 Å². The van der Waals surface area contributed by atoms with E-state index in [-0.39, 0.29) is 0 Å². The molecular weight excluding hydrogens is 471 g/mol. The van der Waals surface area contributed by atoms with Crippen molar-refractivity contribution in [1.82, 2.24) is 0 Å². The zero-order valence-electron chi connectivity index (χ0n) is 12.5. The fourth-order valence-corrected chi connectivity index (χ4v) is 3.77. The fraction of sp³-hybridized carbons (Fsp3) is 0.941. The summed E-state index contributed by atoms with van der Waals surface area (Å²) < 4.78 is 0. The fourth-order valence-electron chi connectivity index (χ4n) is 3.77. The van der Waals surface area contributed by atoms with Crippen LogP contribution in [0.1, 0.15) is 84.0 Å². The van der Waals surface area contributed by atoms with E-state index in [2.05, 4.69) is 13.3 Å². The average molecular weight is 502 g/mol. The Balaban J connectivity index is 0.00000162. The summed E-state index contributed by atoms with van der Waals surface area (Å²) in [6, 6.07) is 0. The van der Waals surface area contributed by atoms with Gasteiger partial charge in [0.1, 0.15) is 0 Å². The standard InChI is InChI=1S/C17H31.Rf/c1-15-11-13-17(14-12-15)10-6-5-9-16-7-3-2-4-8-16;/h2,15-17H,3-14H2,1H3;/q-1;. The van der Waals surface area contributed by atoms with E-state index in [0.29, 0.717) is 0 Å². The van der Waals surface area contributed by atoms with Gasteiger partial charge in [0.25, 0.3) is 0 Å². The second-order valence-corrected chi connectivity index (χ2v) is 6.72. The van der Waals surface area contributed by atoms with E-state index in [1.807, 2.05) is 0 Å². The normalized spacial score (nSPS) is 29.8. The molecule has 0 atom stereocenters. The van der Waals surface area contributed by atoms with Crippen LogP contribution in [0, 0.1) is 24.2 Å². The molecule has 0 saturated heterocycles. The van der Waals surface area contributed by atoms with Gasteiger partial charge in [-0.3, -0.25) is 0 Å². The maximum Gasteiger partial charge on any atom is 0 e. The maximum absolute atomic E-state index is 2.49. The van der Waals surface area contributed by atoms with Crippen molar-refractivity contribution < 1.29 is 0 Å². The van der Waals surface area contributed by atoms with E-state index in [0.717, 1.165) is 17.8 Å². The minimum Gasteiger partial charge on any atom is -0.328 e. The Bertz CT molecular complexity index is 188. The van der Waals surface area contributed by atoms with Gasteiger partial charge in [-0.1, -0.05) is 71.1 Å². The number of unbranched alkanes of at least 4 members (excludes halogenated alkanes) is 1. The predicted molar refractivity (Wildman–Crippen MR) is 75.8 cm³/mol. The van der Waals surface area contributed by atoms with Crippen molar-refractivity contribution in [2.45, 2.75) is 84.0 Å². The maximum atomic E-state index is 2.49. The van der Waals surface area contributed by atoms with Crippen LogP contribution in [0.25, 0.3) is 0 Å². The molecule has 0 aromatic rings. The average Bonchev–Trinajstić information content (AvgIpc) is 2.38.